The van der Waals surface area contributed by atoms with E-state index < -0.39 is 4.92 Å². The van der Waals surface area contributed by atoms with E-state index >= 15 is 0 Å². The first-order valence-electron chi connectivity index (χ1n) is 7.04. The van der Waals surface area contributed by atoms with Gasteiger partial charge in [0.25, 0.3) is 5.69 Å². The Kier molecular flexibility index (Phi) is 6.22. The van der Waals surface area contributed by atoms with E-state index in [0.717, 1.165) is 5.56 Å². The number of carbonyl (C=O) groups excluding carboxylic acids is 1. The Hall–Kier alpha value is -2.51. The van der Waals surface area contributed by atoms with Crippen LogP contribution >= 0.6 is 23.8 Å². The highest BCUT2D eigenvalue weighted by molar-refractivity contribution is 7.80. The molecule has 0 radical (unpaired) electrons. The number of anilines is 1. The zero-order chi connectivity index (χ0) is 17.5. The van der Waals surface area contributed by atoms with Gasteiger partial charge in [-0.1, -0.05) is 41.9 Å². The number of benzene rings is 2. The van der Waals surface area contributed by atoms with Crippen molar-refractivity contribution >= 4 is 46.2 Å². The summed E-state index contributed by atoms with van der Waals surface area (Å²) in [4.78, 5) is 22.1. The number of thiocarbonyl (C=S) groups is 1. The number of nitrogens with one attached hydrogen (secondary N) is 2. The highest BCUT2D eigenvalue weighted by Gasteiger charge is 2.13. The van der Waals surface area contributed by atoms with Gasteiger partial charge in [0, 0.05) is 18.2 Å². The maximum absolute atomic E-state index is 11.9. The van der Waals surface area contributed by atoms with E-state index in [4.69, 9.17) is 23.8 Å². The topological polar surface area (TPSA) is 84.3 Å². The van der Waals surface area contributed by atoms with Gasteiger partial charge in [0.15, 0.2) is 5.11 Å². The lowest BCUT2D eigenvalue weighted by molar-refractivity contribution is -0.384. The molecule has 0 bridgehead atoms. The number of aryl methyl sites for hydroxylation is 1. The first-order valence-corrected chi connectivity index (χ1v) is 7.83. The quantitative estimate of drug-likeness (QED) is 0.480. The van der Waals surface area contributed by atoms with Crippen LogP contribution in [0.15, 0.2) is 48.5 Å². The number of carbonyl (C=O) groups is 1. The van der Waals surface area contributed by atoms with E-state index in [1.54, 1.807) is 0 Å². The molecule has 124 valence electrons. The van der Waals surface area contributed by atoms with Crippen LogP contribution in [0.3, 0.4) is 0 Å². The van der Waals surface area contributed by atoms with Crippen LogP contribution in [0, 0.1) is 10.1 Å². The minimum absolute atomic E-state index is 0.0309. The lowest BCUT2D eigenvalue weighted by Crippen LogP contribution is -2.34. The summed E-state index contributed by atoms with van der Waals surface area (Å²) >= 11 is 10.8. The van der Waals surface area contributed by atoms with Crippen LogP contribution in [0.1, 0.15) is 12.0 Å². The second kappa shape index (κ2) is 8.37. The molecule has 1 amide bonds. The van der Waals surface area contributed by atoms with Crippen molar-refractivity contribution in [1.82, 2.24) is 5.32 Å². The van der Waals surface area contributed by atoms with Crippen molar-refractivity contribution in [1.29, 1.82) is 0 Å². The number of halogens is 1. The smallest absolute Gasteiger partial charge is 0.289 e. The second-order valence-electron chi connectivity index (χ2n) is 4.91. The molecule has 2 aromatic carbocycles. The number of nitro groups is 1. The number of rotatable bonds is 5. The van der Waals surface area contributed by atoms with Crippen LogP contribution in [0.4, 0.5) is 11.4 Å². The largest absolute Gasteiger partial charge is 0.332 e. The molecular formula is C16H14ClN3O3S. The number of amides is 1. The van der Waals surface area contributed by atoms with Gasteiger partial charge in [-0.15, -0.1) is 0 Å². The molecule has 0 atom stereocenters. The molecule has 6 nitrogen and oxygen atoms in total. The van der Waals surface area contributed by atoms with Crippen LogP contribution in [-0.4, -0.2) is 15.9 Å². The molecule has 0 spiro atoms. The van der Waals surface area contributed by atoms with Crippen LogP contribution in [-0.2, 0) is 11.2 Å². The van der Waals surface area contributed by atoms with Gasteiger partial charge in [-0.2, -0.15) is 0 Å². The summed E-state index contributed by atoms with van der Waals surface area (Å²) in [6.07, 6.45) is 0.883. The van der Waals surface area contributed by atoms with Crippen molar-refractivity contribution in [2.24, 2.45) is 0 Å². The van der Waals surface area contributed by atoms with Crippen LogP contribution < -0.4 is 10.6 Å². The number of hydrogen-bond donors (Lipinski definition) is 2. The fourth-order valence-corrected chi connectivity index (χ4v) is 2.40. The Labute approximate surface area is 149 Å². The molecule has 2 rings (SSSR count). The maximum atomic E-state index is 11.9. The van der Waals surface area contributed by atoms with Gasteiger partial charge < -0.3 is 10.6 Å². The number of nitro benzene ring substituents is 1. The van der Waals surface area contributed by atoms with Crippen LogP contribution in [0.25, 0.3) is 0 Å². The van der Waals surface area contributed by atoms with Crippen LogP contribution in [0.5, 0.6) is 0 Å². The molecule has 0 fully saturated rings. The molecule has 0 heterocycles. The molecular weight excluding hydrogens is 350 g/mol. The van der Waals surface area contributed by atoms with E-state index in [1.165, 1.54) is 18.2 Å². The van der Waals surface area contributed by atoms with Gasteiger partial charge in [-0.25, -0.2) is 0 Å². The van der Waals surface area contributed by atoms with E-state index in [-0.39, 0.29) is 28.2 Å². The van der Waals surface area contributed by atoms with Crippen LogP contribution in [0.2, 0.25) is 5.02 Å². The summed E-state index contributed by atoms with van der Waals surface area (Å²) in [5, 5.41) is 16.2. The maximum Gasteiger partial charge on any atom is 0.289 e. The molecule has 0 aliphatic carbocycles. The summed E-state index contributed by atoms with van der Waals surface area (Å²) in [5.74, 6) is -0.236. The zero-order valence-electron chi connectivity index (χ0n) is 12.5. The Balaban J connectivity index is 1.87. The first-order chi connectivity index (χ1) is 11.5. The minimum atomic E-state index is -0.588. The SMILES string of the molecule is O=C(CCc1ccccc1)NC(=S)Nc1ccc(Cl)c([N+](=O)[O-])c1. The van der Waals surface area contributed by atoms with Crippen molar-refractivity contribution in [3.05, 3.63) is 69.2 Å². The molecule has 2 N–H and O–H groups in total. The molecule has 0 aromatic heterocycles. The highest BCUT2D eigenvalue weighted by atomic mass is 35.5. The van der Waals surface area contributed by atoms with Gasteiger partial charge in [-0.3, -0.25) is 14.9 Å². The van der Waals surface area contributed by atoms with Gasteiger partial charge in [0.1, 0.15) is 5.02 Å². The van der Waals surface area contributed by atoms with E-state index in [2.05, 4.69) is 10.6 Å². The summed E-state index contributed by atoms with van der Waals surface area (Å²) in [5.41, 5.74) is 1.19. The third kappa shape index (κ3) is 5.29. The fourth-order valence-electron chi connectivity index (χ4n) is 1.98. The van der Waals surface area contributed by atoms with E-state index in [0.29, 0.717) is 12.1 Å². The summed E-state index contributed by atoms with van der Waals surface area (Å²) in [7, 11) is 0. The third-order valence-corrected chi connectivity index (χ3v) is 3.66. The van der Waals surface area contributed by atoms with E-state index in [9.17, 15) is 14.9 Å². The second-order valence-corrected chi connectivity index (χ2v) is 5.73. The normalized spacial score (nSPS) is 10.0. The molecule has 0 unspecified atom stereocenters. The average molecular weight is 364 g/mol. The number of nitrogens with zero attached hydrogens (tertiary/aromatic N) is 1. The van der Waals surface area contributed by atoms with E-state index in [1.807, 2.05) is 30.3 Å². The fraction of sp³-hybridized carbons (Fsp3) is 0.125. The minimum Gasteiger partial charge on any atom is -0.332 e. The summed E-state index contributed by atoms with van der Waals surface area (Å²) in [6.45, 7) is 0. The zero-order valence-corrected chi connectivity index (χ0v) is 14.1. The van der Waals surface area contributed by atoms with Crippen molar-refractivity contribution < 1.29 is 9.72 Å². The molecule has 0 saturated heterocycles. The Morgan fingerprint density at radius 2 is 1.92 bits per heavy atom. The molecule has 0 aliphatic rings. The summed E-state index contributed by atoms with van der Waals surface area (Å²) in [6, 6.07) is 13.8. The lowest BCUT2D eigenvalue weighted by Gasteiger charge is -2.10. The van der Waals surface area contributed by atoms with Crippen molar-refractivity contribution in [2.75, 3.05) is 5.32 Å². The monoisotopic (exact) mass is 363 g/mol. The molecule has 24 heavy (non-hydrogen) atoms. The Morgan fingerprint density at radius 1 is 1.21 bits per heavy atom. The third-order valence-electron chi connectivity index (χ3n) is 3.14. The molecule has 8 heteroatoms. The van der Waals surface area contributed by atoms with Crippen molar-refractivity contribution in [2.45, 2.75) is 12.8 Å². The van der Waals surface area contributed by atoms with Crippen molar-refractivity contribution in [3.63, 3.8) is 0 Å². The van der Waals surface area contributed by atoms with Gasteiger partial charge in [0.05, 0.1) is 4.92 Å². The van der Waals surface area contributed by atoms with Gasteiger partial charge >= 0.3 is 0 Å². The highest BCUT2D eigenvalue weighted by Crippen LogP contribution is 2.27. The average Bonchev–Trinajstić information content (AvgIpc) is 2.55. The summed E-state index contributed by atoms with van der Waals surface area (Å²) < 4.78 is 0. The lowest BCUT2D eigenvalue weighted by atomic mass is 10.1. The molecule has 0 saturated carbocycles. The van der Waals surface area contributed by atoms with Gasteiger partial charge in [0.2, 0.25) is 5.91 Å². The predicted octanol–water partition coefficient (Wildman–Crippen LogP) is 3.69. The van der Waals surface area contributed by atoms with Crippen molar-refractivity contribution in [3.8, 4) is 0 Å². The first kappa shape index (κ1) is 17.8. The standard InChI is InChI=1S/C16H14ClN3O3S/c17-13-8-7-12(10-14(13)20(22)23)18-16(24)19-15(21)9-6-11-4-2-1-3-5-11/h1-5,7-8,10H,6,9H2,(H2,18,19,21,24). The predicted molar refractivity (Wildman–Crippen MR) is 97.2 cm³/mol. The Bertz CT molecular complexity index is 768. The molecule has 2 aromatic rings. The number of hydrogen-bond acceptors (Lipinski definition) is 4. The van der Waals surface area contributed by atoms with Gasteiger partial charge in [-0.05, 0) is 36.3 Å². The Morgan fingerprint density at radius 3 is 2.58 bits per heavy atom. The molecule has 0 aliphatic heterocycles.